The lowest BCUT2D eigenvalue weighted by atomic mass is 10.2. The first kappa shape index (κ1) is 10.4. The highest BCUT2D eigenvalue weighted by Gasteiger charge is 2.01. The molecule has 14 heavy (non-hydrogen) atoms. The number of ether oxygens (including phenoxy) is 3. The van der Waals surface area contributed by atoms with Crippen LogP contribution in [0.3, 0.4) is 0 Å². The van der Waals surface area contributed by atoms with Gasteiger partial charge in [0.05, 0.1) is 27.6 Å². The van der Waals surface area contributed by atoms with Gasteiger partial charge in [-0.05, 0) is 24.3 Å². The third kappa shape index (κ3) is 2.42. The lowest BCUT2D eigenvalue weighted by Crippen LogP contribution is -1.89. The summed E-state index contributed by atoms with van der Waals surface area (Å²) in [6, 6.07) is 5.59. The molecule has 0 N–H and O–H groups in total. The Balaban J connectivity index is 3.02. The molecular weight excluding hydrogens is 180 g/mol. The molecule has 3 nitrogen and oxygen atoms in total. The number of rotatable bonds is 4. The summed E-state index contributed by atoms with van der Waals surface area (Å²) in [7, 11) is 4.86. The Hall–Kier alpha value is -1.64. The van der Waals surface area contributed by atoms with Gasteiger partial charge in [0.25, 0.3) is 0 Å². The topological polar surface area (TPSA) is 27.7 Å². The quantitative estimate of drug-likeness (QED) is 0.688. The second kappa shape index (κ2) is 5.17. The van der Waals surface area contributed by atoms with Crippen molar-refractivity contribution >= 4 is 6.08 Å². The molecule has 0 spiro atoms. The molecule has 0 heterocycles. The summed E-state index contributed by atoms with van der Waals surface area (Å²) in [5.74, 6) is 1.58. The van der Waals surface area contributed by atoms with Gasteiger partial charge in [0.15, 0.2) is 0 Å². The number of hydrogen-bond acceptors (Lipinski definition) is 3. The molecule has 0 amide bonds. The van der Waals surface area contributed by atoms with Crippen LogP contribution in [0, 0.1) is 0 Å². The van der Waals surface area contributed by atoms with Gasteiger partial charge in [0, 0.05) is 5.56 Å². The zero-order chi connectivity index (χ0) is 10.4. The summed E-state index contributed by atoms with van der Waals surface area (Å²) in [6.07, 6.45) is 3.42. The number of benzene rings is 1. The number of hydrogen-bond donors (Lipinski definition) is 0. The maximum Gasteiger partial charge on any atom is 0.126 e. The fourth-order valence-electron chi connectivity index (χ4n) is 1.11. The van der Waals surface area contributed by atoms with Crippen molar-refractivity contribution in [2.75, 3.05) is 21.3 Å². The van der Waals surface area contributed by atoms with Crippen LogP contribution in [-0.4, -0.2) is 21.3 Å². The van der Waals surface area contributed by atoms with Gasteiger partial charge in [-0.25, -0.2) is 0 Å². The molecule has 0 aromatic heterocycles. The van der Waals surface area contributed by atoms with E-state index in [0.717, 1.165) is 17.1 Å². The Bertz CT molecular complexity index is 318. The first-order chi connectivity index (χ1) is 6.81. The number of methoxy groups -OCH3 is 3. The van der Waals surface area contributed by atoms with E-state index >= 15 is 0 Å². The maximum absolute atomic E-state index is 5.18. The molecule has 76 valence electrons. The van der Waals surface area contributed by atoms with Crippen molar-refractivity contribution in [3.63, 3.8) is 0 Å². The van der Waals surface area contributed by atoms with Crippen LogP contribution in [-0.2, 0) is 4.74 Å². The summed E-state index contributed by atoms with van der Waals surface area (Å²) in [4.78, 5) is 0. The van der Waals surface area contributed by atoms with Crippen molar-refractivity contribution in [3.05, 3.63) is 30.0 Å². The molecule has 0 radical (unpaired) electrons. The standard InChI is InChI=1S/C11H14O3/c1-12-7-6-9-8-10(13-2)4-5-11(9)14-3/h4-8H,1-3H3/b7-6+. The van der Waals surface area contributed by atoms with Crippen molar-refractivity contribution in [2.24, 2.45) is 0 Å². The minimum Gasteiger partial charge on any atom is -0.504 e. The zero-order valence-electron chi connectivity index (χ0n) is 8.61. The predicted octanol–water partition coefficient (Wildman–Crippen LogP) is 2.32. The van der Waals surface area contributed by atoms with Crippen molar-refractivity contribution in [3.8, 4) is 11.5 Å². The van der Waals surface area contributed by atoms with E-state index < -0.39 is 0 Å². The Morgan fingerprint density at radius 3 is 2.43 bits per heavy atom. The van der Waals surface area contributed by atoms with Crippen LogP contribution in [0.15, 0.2) is 24.5 Å². The summed E-state index contributed by atoms with van der Waals surface area (Å²) in [5.41, 5.74) is 0.925. The summed E-state index contributed by atoms with van der Waals surface area (Å²) in [5, 5.41) is 0. The van der Waals surface area contributed by atoms with Crippen LogP contribution in [0.4, 0.5) is 0 Å². The third-order valence-corrected chi connectivity index (χ3v) is 1.82. The fourth-order valence-corrected chi connectivity index (χ4v) is 1.11. The fraction of sp³-hybridized carbons (Fsp3) is 0.273. The van der Waals surface area contributed by atoms with Gasteiger partial charge in [-0.3, -0.25) is 0 Å². The van der Waals surface area contributed by atoms with Crippen molar-refractivity contribution in [2.45, 2.75) is 0 Å². The molecule has 0 saturated heterocycles. The van der Waals surface area contributed by atoms with E-state index in [0.29, 0.717) is 0 Å². The summed E-state index contributed by atoms with van der Waals surface area (Å²) < 4.78 is 15.1. The minimum atomic E-state index is 0.791. The van der Waals surface area contributed by atoms with E-state index in [1.165, 1.54) is 0 Å². The molecule has 3 heteroatoms. The van der Waals surface area contributed by atoms with Gasteiger partial charge >= 0.3 is 0 Å². The van der Waals surface area contributed by atoms with Crippen LogP contribution in [0.1, 0.15) is 5.56 Å². The van der Waals surface area contributed by atoms with Crippen molar-refractivity contribution < 1.29 is 14.2 Å². The molecule has 0 saturated carbocycles. The van der Waals surface area contributed by atoms with E-state index in [2.05, 4.69) is 0 Å². The first-order valence-corrected chi connectivity index (χ1v) is 4.23. The van der Waals surface area contributed by atoms with Gasteiger partial charge in [-0.15, -0.1) is 0 Å². The highest BCUT2D eigenvalue weighted by atomic mass is 16.5. The molecule has 0 aliphatic heterocycles. The van der Waals surface area contributed by atoms with Crippen LogP contribution in [0.5, 0.6) is 11.5 Å². The van der Waals surface area contributed by atoms with Gasteiger partial charge < -0.3 is 14.2 Å². The Morgan fingerprint density at radius 1 is 1.07 bits per heavy atom. The average Bonchev–Trinajstić information content (AvgIpc) is 2.25. The highest BCUT2D eigenvalue weighted by molar-refractivity contribution is 5.59. The monoisotopic (exact) mass is 194 g/mol. The molecule has 0 unspecified atom stereocenters. The van der Waals surface area contributed by atoms with Crippen LogP contribution >= 0.6 is 0 Å². The van der Waals surface area contributed by atoms with Crippen LogP contribution < -0.4 is 9.47 Å². The maximum atomic E-state index is 5.18. The van der Waals surface area contributed by atoms with Crippen LogP contribution in [0.25, 0.3) is 6.08 Å². The molecule has 1 rings (SSSR count). The normalized spacial score (nSPS) is 10.2. The Labute approximate surface area is 83.9 Å². The second-order valence-corrected chi connectivity index (χ2v) is 2.65. The Kier molecular flexibility index (Phi) is 3.85. The van der Waals surface area contributed by atoms with Gasteiger partial charge in [-0.1, -0.05) is 0 Å². The molecule has 1 aromatic carbocycles. The lowest BCUT2D eigenvalue weighted by molar-refractivity contribution is 0.341. The Morgan fingerprint density at radius 2 is 1.86 bits per heavy atom. The third-order valence-electron chi connectivity index (χ3n) is 1.82. The van der Waals surface area contributed by atoms with E-state index in [9.17, 15) is 0 Å². The van der Waals surface area contributed by atoms with Gasteiger partial charge in [0.1, 0.15) is 11.5 Å². The van der Waals surface area contributed by atoms with Gasteiger partial charge in [0.2, 0.25) is 0 Å². The van der Waals surface area contributed by atoms with Crippen molar-refractivity contribution in [1.29, 1.82) is 0 Å². The summed E-state index contributed by atoms with van der Waals surface area (Å²) in [6.45, 7) is 0. The molecule has 0 aliphatic rings. The molecule has 0 fully saturated rings. The van der Waals surface area contributed by atoms with E-state index in [-0.39, 0.29) is 0 Å². The minimum absolute atomic E-state index is 0.791. The van der Waals surface area contributed by atoms with E-state index in [1.54, 1.807) is 27.6 Å². The van der Waals surface area contributed by atoms with Crippen LogP contribution in [0.2, 0.25) is 0 Å². The van der Waals surface area contributed by atoms with Gasteiger partial charge in [-0.2, -0.15) is 0 Å². The second-order valence-electron chi connectivity index (χ2n) is 2.65. The SMILES string of the molecule is CO/C=C/c1cc(OC)ccc1OC. The molecule has 0 bridgehead atoms. The molecule has 1 aromatic rings. The zero-order valence-corrected chi connectivity index (χ0v) is 8.61. The summed E-state index contributed by atoms with van der Waals surface area (Å²) >= 11 is 0. The highest BCUT2D eigenvalue weighted by Crippen LogP contribution is 2.24. The average molecular weight is 194 g/mol. The molecular formula is C11H14O3. The molecule has 0 aliphatic carbocycles. The largest absolute Gasteiger partial charge is 0.504 e. The smallest absolute Gasteiger partial charge is 0.126 e. The molecule has 0 atom stereocenters. The lowest BCUT2D eigenvalue weighted by Gasteiger charge is -2.06. The van der Waals surface area contributed by atoms with E-state index in [4.69, 9.17) is 14.2 Å². The van der Waals surface area contributed by atoms with Crippen molar-refractivity contribution in [1.82, 2.24) is 0 Å². The predicted molar refractivity (Wildman–Crippen MR) is 55.6 cm³/mol. The van der Waals surface area contributed by atoms with E-state index in [1.807, 2.05) is 24.3 Å². The first-order valence-electron chi connectivity index (χ1n) is 4.23.